The third-order valence-corrected chi connectivity index (χ3v) is 8.25. The predicted molar refractivity (Wildman–Crippen MR) is 168 cm³/mol. The van der Waals surface area contributed by atoms with Gasteiger partial charge in [0.2, 0.25) is 0 Å². The first-order valence-electron chi connectivity index (χ1n) is 14.7. The highest BCUT2D eigenvalue weighted by atomic mass is 16.4. The Labute approximate surface area is 256 Å². The van der Waals surface area contributed by atoms with Crippen molar-refractivity contribution < 1.29 is 19.8 Å². The summed E-state index contributed by atoms with van der Waals surface area (Å²) in [6, 6.07) is 37.7. The minimum Gasteiger partial charge on any atom is -0.465 e. The van der Waals surface area contributed by atoms with Crippen LogP contribution in [0.1, 0.15) is 39.3 Å². The van der Waals surface area contributed by atoms with Gasteiger partial charge in [-0.15, -0.1) is 0 Å². The Morgan fingerprint density at radius 1 is 0.773 bits per heavy atom. The van der Waals surface area contributed by atoms with Crippen molar-refractivity contribution in [2.24, 2.45) is 0 Å². The Balaban J connectivity index is 1.45. The molecule has 0 radical (unpaired) electrons. The number of nitrogens with zero attached hydrogens (tertiary/aromatic N) is 4. The first-order chi connectivity index (χ1) is 21.5. The van der Waals surface area contributed by atoms with Crippen LogP contribution in [0.15, 0.2) is 128 Å². The summed E-state index contributed by atoms with van der Waals surface area (Å²) in [5.41, 5.74) is 4.28. The van der Waals surface area contributed by atoms with Gasteiger partial charge in [-0.25, -0.2) is 9.78 Å². The Kier molecular flexibility index (Phi) is 8.52. The summed E-state index contributed by atoms with van der Waals surface area (Å²) in [7, 11) is 0. The minimum absolute atomic E-state index is 0.205. The number of benzene rings is 4. The molecule has 0 aliphatic carbocycles. The van der Waals surface area contributed by atoms with Gasteiger partial charge in [0.05, 0.1) is 24.1 Å². The van der Waals surface area contributed by atoms with E-state index in [1.807, 2.05) is 126 Å². The molecule has 1 aliphatic rings. The van der Waals surface area contributed by atoms with Gasteiger partial charge in [-0.1, -0.05) is 121 Å². The summed E-state index contributed by atoms with van der Waals surface area (Å²) < 4.78 is 1.90. The predicted octanol–water partition coefficient (Wildman–Crippen LogP) is 5.92. The second kappa shape index (κ2) is 13.0. The van der Waals surface area contributed by atoms with Crippen molar-refractivity contribution in [1.29, 1.82) is 0 Å². The van der Waals surface area contributed by atoms with Gasteiger partial charge in [0, 0.05) is 25.2 Å². The van der Waals surface area contributed by atoms with Gasteiger partial charge < -0.3 is 24.6 Å². The molecule has 0 spiro atoms. The molecule has 8 heteroatoms. The van der Waals surface area contributed by atoms with E-state index >= 15 is 0 Å². The molecule has 2 amide bonds. The van der Waals surface area contributed by atoms with Crippen molar-refractivity contribution in [2.75, 3.05) is 19.6 Å². The summed E-state index contributed by atoms with van der Waals surface area (Å²) in [6.07, 6.45) is 0.226. The Morgan fingerprint density at radius 2 is 1.34 bits per heavy atom. The number of imidazole rings is 1. The number of amides is 2. The van der Waals surface area contributed by atoms with Gasteiger partial charge in [-0.05, 0) is 23.1 Å². The molecule has 1 saturated heterocycles. The van der Waals surface area contributed by atoms with E-state index < -0.39 is 18.2 Å². The lowest BCUT2D eigenvalue weighted by atomic mass is 9.94. The molecule has 2 heterocycles. The molecule has 44 heavy (non-hydrogen) atoms. The van der Waals surface area contributed by atoms with E-state index in [-0.39, 0.29) is 37.3 Å². The molecule has 0 bridgehead atoms. The molecule has 2 N–H and O–H groups in total. The van der Waals surface area contributed by atoms with E-state index in [0.717, 1.165) is 22.3 Å². The van der Waals surface area contributed by atoms with Crippen LogP contribution in [-0.4, -0.2) is 67.2 Å². The van der Waals surface area contributed by atoms with Crippen LogP contribution in [-0.2, 0) is 6.42 Å². The van der Waals surface area contributed by atoms with Crippen LogP contribution >= 0.6 is 0 Å². The maximum atomic E-state index is 14.5. The zero-order valence-electron chi connectivity index (χ0n) is 24.2. The van der Waals surface area contributed by atoms with E-state index in [1.165, 1.54) is 4.90 Å². The van der Waals surface area contributed by atoms with Gasteiger partial charge in [-0.3, -0.25) is 4.79 Å². The number of aliphatic hydroxyl groups is 1. The van der Waals surface area contributed by atoms with Gasteiger partial charge in [0.25, 0.3) is 5.91 Å². The molecule has 8 nitrogen and oxygen atoms in total. The lowest BCUT2D eigenvalue weighted by molar-refractivity contribution is 0.0447. The minimum atomic E-state index is -0.995. The molecule has 0 unspecified atom stereocenters. The Bertz CT molecular complexity index is 1690. The van der Waals surface area contributed by atoms with Crippen molar-refractivity contribution in [1.82, 2.24) is 19.4 Å². The second-order valence-electron chi connectivity index (χ2n) is 11.0. The Morgan fingerprint density at radius 3 is 1.95 bits per heavy atom. The molecule has 1 aromatic heterocycles. The van der Waals surface area contributed by atoms with Crippen molar-refractivity contribution in [3.8, 4) is 11.3 Å². The van der Waals surface area contributed by atoms with Crippen molar-refractivity contribution >= 4 is 12.0 Å². The first-order valence-corrected chi connectivity index (χ1v) is 14.7. The van der Waals surface area contributed by atoms with Gasteiger partial charge >= 0.3 is 6.09 Å². The van der Waals surface area contributed by atoms with Crippen LogP contribution in [0.2, 0.25) is 0 Å². The largest absolute Gasteiger partial charge is 0.465 e. The van der Waals surface area contributed by atoms with Crippen LogP contribution in [0.25, 0.3) is 11.3 Å². The van der Waals surface area contributed by atoms with Crippen molar-refractivity contribution in [3.63, 3.8) is 0 Å². The molecule has 1 fully saturated rings. The lowest BCUT2D eigenvalue weighted by Crippen LogP contribution is -2.57. The number of rotatable bonds is 8. The number of aromatic nitrogens is 2. The quantitative estimate of drug-likeness (QED) is 0.235. The zero-order valence-corrected chi connectivity index (χ0v) is 24.2. The summed E-state index contributed by atoms with van der Waals surface area (Å²) in [6.45, 7) is 0.669. The maximum Gasteiger partial charge on any atom is 0.407 e. The van der Waals surface area contributed by atoms with Crippen molar-refractivity contribution in [3.05, 3.63) is 150 Å². The fourth-order valence-electron chi connectivity index (χ4n) is 6.08. The molecule has 0 saturated carbocycles. The number of carboxylic acid groups (broad SMARTS) is 1. The number of hydrogen-bond acceptors (Lipinski definition) is 4. The highest BCUT2D eigenvalue weighted by molar-refractivity contribution is 5.98. The van der Waals surface area contributed by atoms with E-state index in [0.29, 0.717) is 12.1 Å². The van der Waals surface area contributed by atoms with Crippen LogP contribution in [0.4, 0.5) is 4.79 Å². The molecule has 5 aromatic rings. The van der Waals surface area contributed by atoms with E-state index in [2.05, 4.69) is 0 Å². The van der Waals surface area contributed by atoms with Crippen LogP contribution in [0.3, 0.4) is 0 Å². The smallest absolute Gasteiger partial charge is 0.407 e. The standard InChI is InChI=1S/C36H34N4O4/c41-34(29-19-11-4-12-20-29)33(28-17-9-3-10-18-28)40-25-37-31(32(40)27-15-7-2-8-16-27)35(42)39-22-21-38(36(43)44)24-30(39)23-26-13-5-1-6-14-26/h1-20,25,30,33-34,41H,21-24H2,(H,43,44)/t30-,33-,34+/m1/s1. The number of carbonyl (C=O) groups excluding carboxylic acids is 1. The number of carbonyl (C=O) groups is 2. The van der Waals surface area contributed by atoms with E-state index in [1.54, 1.807) is 11.2 Å². The summed E-state index contributed by atoms with van der Waals surface area (Å²) in [5, 5.41) is 21.6. The maximum absolute atomic E-state index is 14.5. The third kappa shape index (κ3) is 5.98. The fraction of sp³-hybridized carbons (Fsp3) is 0.194. The number of hydrogen-bond donors (Lipinski definition) is 2. The molecular formula is C36H34N4O4. The highest BCUT2D eigenvalue weighted by Crippen LogP contribution is 2.38. The average Bonchev–Trinajstić information content (AvgIpc) is 3.51. The first kappa shape index (κ1) is 28.9. The summed E-state index contributed by atoms with van der Waals surface area (Å²) >= 11 is 0. The van der Waals surface area contributed by atoms with Crippen LogP contribution < -0.4 is 0 Å². The fourth-order valence-corrected chi connectivity index (χ4v) is 6.08. The molecule has 222 valence electrons. The average molecular weight is 587 g/mol. The number of aliphatic hydroxyl groups excluding tert-OH is 1. The van der Waals surface area contributed by atoms with Crippen LogP contribution in [0.5, 0.6) is 0 Å². The molecule has 1 aliphatic heterocycles. The SMILES string of the molecule is O=C(O)N1CCN(C(=O)c2ncn([C@H](c3ccccc3)[C@@H](O)c3ccccc3)c2-c2ccccc2)[C@H](Cc2ccccc2)C1. The van der Waals surface area contributed by atoms with E-state index in [4.69, 9.17) is 4.98 Å². The molecule has 4 aromatic carbocycles. The zero-order chi connectivity index (χ0) is 30.5. The van der Waals surface area contributed by atoms with E-state index in [9.17, 15) is 19.8 Å². The number of piperazine rings is 1. The molecular weight excluding hydrogens is 552 g/mol. The van der Waals surface area contributed by atoms with Gasteiger partial charge in [-0.2, -0.15) is 0 Å². The van der Waals surface area contributed by atoms with Gasteiger partial charge in [0.15, 0.2) is 5.69 Å². The second-order valence-corrected chi connectivity index (χ2v) is 11.0. The lowest BCUT2D eigenvalue weighted by Gasteiger charge is -2.40. The third-order valence-electron chi connectivity index (χ3n) is 8.25. The Hall–Kier alpha value is -5.21. The normalized spacial score (nSPS) is 16.3. The monoisotopic (exact) mass is 586 g/mol. The van der Waals surface area contributed by atoms with Crippen LogP contribution in [0, 0.1) is 0 Å². The van der Waals surface area contributed by atoms with Crippen molar-refractivity contribution in [2.45, 2.75) is 24.6 Å². The molecule has 3 atom stereocenters. The highest BCUT2D eigenvalue weighted by Gasteiger charge is 2.37. The summed E-state index contributed by atoms with van der Waals surface area (Å²) in [5.74, 6) is -0.269. The molecule has 6 rings (SSSR count). The topological polar surface area (TPSA) is 98.9 Å². The van der Waals surface area contributed by atoms with Gasteiger partial charge in [0.1, 0.15) is 6.10 Å². The summed E-state index contributed by atoms with van der Waals surface area (Å²) in [4.78, 5) is 34.3.